The van der Waals surface area contributed by atoms with Gasteiger partial charge in [0.1, 0.15) is 10.7 Å². The summed E-state index contributed by atoms with van der Waals surface area (Å²) in [4.78, 5) is 28.7. The van der Waals surface area contributed by atoms with Crippen molar-refractivity contribution in [3.05, 3.63) is 54.1 Å². The fourth-order valence-corrected chi connectivity index (χ4v) is 4.45. The van der Waals surface area contributed by atoms with Crippen molar-refractivity contribution in [2.24, 2.45) is 0 Å². The molecule has 2 aromatic carbocycles. The van der Waals surface area contributed by atoms with Gasteiger partial charge in [0.25, 0.3) is 5.91 Å². The van der Waals surface area contributed by atoms with Gasteiger partial charge in [-0.15, -0.1) is 0 Å². The molecule has 8 heteroatoms. The molecule has 0 saturated heterocycles. The van der Waals surface area contributed by atoms with Crippen LogP contribution < -0.4 is 5.32 Å². The molecule has 0 unspecified atom stereocenters. The highest BCUT2D eigenvalue weighted by Gasteiger charge is 2.28. The standard InChI is InChI=1S/C20H21N3O4S/c1-4-17(24)22-19-18(28(26,27)14-8-6-5-7-9-14)15-12-13(20(25)23(2)3)10-11-16(15)21-19/h5-12,21H,4H2,1-3H3,(H,22,24). The lowest BCUT2D eigenvalue weighted by molar-refractivity contribution is -0.115. The van der Waals surface area contributed by atoms with Crippen LogP contribution in [0.25, 0.3) is 10.9 Å². The van der Waals surface area contributed by atoms with Crippen molar-refractivity contribution in [3.8, 4) is 0 Å². The van der Waals surface area contributed by atoms with Gasteiger partial charge in [0.15, 0.2) is 0 Å². The zero-order valence-electron chi connectivity index (χ0n) is 15.8. The molecule has 0 aliphatic carbocycles. The second kappa shape index (κ2) is 7.47. The Balaban J connectivity index is 2.29. The monoisotopic (exact) mass is 399 g/mol. The van der Waals surface area contributed by atoms with Crippen LogP contribution in [-0.4, -0.2) is 44.2 Å². The minimum absolute atomic E-state index is 0.0519. The number of aromatic nitrogens is 1. The third kappa shape index (κ3) is 3.50. The Morgan fingerprint density at radius 2 is 1.75 bits per heavy atom. The van der Waals surface area contributed by atoms with Gasteiger partial charge < -0.3 is 15.2 Å². The van der Waals surface area contributed by atoms with Crippen LogP contribution in [0.4, 0.5) is 5.82 Å². The van der Waals surface area contributed by atoms with Crippen molar-refractivity contribution in [1.82, 2.24) is 9.88 Å². The smallest absolute Gasteiger partial charge is 0.253 e. The molecule has 3 rings (SSSR count). The van der Waals surface area contributed by atoms with Gasteiger partial charge in [-0.3, -0.25) is 9.59 Å². The molecule has 2 N–H and O–H groups in total. The van der Waals surface area contributed by atoms with Crippen molar-refractivity contribution < 1.29 is 18.0 Å². The molecule has 28 heavy (non-hydrogen) atoms. The molecule has 0 atom stereocenters. The fraction of sp³-hybridized carbons (Fsp3) is 0.200. The molecule has 1 aromatic heterocycles. The van der Waals surface area contributed by atoms with E-state index < -0.39 is 9.84 Å². The number of carbonyl (C=O) groups is 2. The minimum Gasteiger partial charge on any atom is -0.345 e. The topological polar surface area (TPSA) is 99.3 Å². The van der Waals surface area contributed by atoms with E-state index in [0.717, 1.165) is 0 Å². The molecular formula is C20H21N3O4S. The third-order valence-corrected chi connectivity index (χ3v) is 6.17. The van der Waals surface area contributed by atoms with E-state index in [9.17, 15) is 18.0 Å². The number of benzene rings is 2. The Hall–Kier alpha value is -3.13. The van der Waals surface area contributed by atoms with Crippen LogP contribution in [0.3, 0.4) is 0 Å². The van der Waals surface area contributed by atoms with E-state index in [1.165, 1.54) is 23.1 Å². The molecule has 0 spiro atoms. The first kappa shape index (κ1) is 19.6. The van der Waals surface area contributed by atoms with E-state index in [1.807, 2.05) is 0 Å². The van der Waals surface area contributed by atoms with Crippen LogP contribution in [0.2, 0.25) is 0 Å². The number of nitrogens with one attached hydrogen (secondary N) is 2. The van der Waals surface area contributed by atoms with Crippen molar-refractivity contribution in [1.29, 1.82) is 0 Å². The summed E-state index contributed by atoms with van der Waals surface area (Å²) in [6, 6.07) is 12.8. The van der Waals surface area contributed by atoms with Gasteiger partial charge in [0.2, 0.25) is 15.7 Å². The van der Waals surface area contributed by atoms with E-state index in [0.29, 0.717) is 16.5 Å². The lowest BCUT2D eigenvalue weighted by Crippen LogP contribution is -2.21. The maximum atomic E-state index is 13.3. The van der Waals surface area contributed by atoms with Gasteiger partial charge in [-0.1, -0.05) is 25.1 Å². The van der Waals surface area contributed by atoms with E-state index in [4.69, 9.17) is 0 Å². The Morgan fingerprint density at radius 1 is 1.07 bits per heavy atom. The van der Waals surface area contributed by atoms with E-state index in [2.05, 4.69) is 10.3 Å². The molecule has 0 aliphatic heterocycles. The molecule has 0 aliphatic rings. The molecule has 146 valence electrons. The molecule has 0 fully saturated rings. The number of aromatic amines is 1. The van der Waals surface area contributed by atoms with Gasteiger partial charge >= 0.3 is 0 Å². The fourth-order valence-electron chi connectivity index (χ4n) is 2.87. The highest BCUT2D eigenvalue weighted by Crippen LogP contribution is 2.35. The average molecular weight is 399 g/mol. The maximum absolute atomic E-state index is 13.3. The van der Waals surface area contributed by atoms with Crippen LogP contribution in [0, 0.1) is 0 Å². The van der Waals surface area contributed by atoms with Crippen molar-refractivity contribution in [3.63, 3.8) is 0 Å². The lowest BCUT2D eigenvalue weighted by Gasteiger charge is -2.11. The van der Waals surface area contributed by atoms with Crippen LogP contribution in [0.5, 0.6) is 0 Å². The number of hydrogen-bond acceptors (Lipinski definition) is 4. The first-order chi connectivity index (χ1) is 13.3. The Morgan fingerprint density at radius 3 is 2.36 bits per heavy atom. The SMILES string of the molecule is CCC(=O)Nc1[nH]c2ccc(C(=O)N(C)C)cc2c1S(=O)(=O)c1ccccc1. The summed E-state index contributed by atoms with van der Waals surface area (Å²) in [6.07, 6.45) is 0.199. The molecule has 0 bridgehead atoms. The van der Waals surface area contributed by atoms with Crippen LogP contribution in [-0.2, 0) is 14.6 Å². The summed E-state index contributed by atoms with van der Waals surface area (Å²) >= 11 is 0. The highest BCUT2D eigenvalue weighted by atomic mass is 32.2. The number of rotatable bonds is 5. The summed E-state index contributed by atoms with van der Waals surface area (Å²) in [5.74, 6) is -0.467. The van der Waals surface area contributed by atoms with Gasteiger partial charge in [0.05, 0.1) is 4.90 Å². The van der Waals surface area contributed by atoms with E-state index >= 15 is 0 Å². The van der Waals surface area contributed by atoms with Crippen molar-refractivity contribution in [2.75, 3.05) is 19.4 Å². The molecule has 0 saturated carbocycles. The first-order valence-corrected chi connectivity index (χ1v) is 10.2. The second-order valence-corrected chi connectivity index (χ2v) is 8.39. The molecule has 2 amide bonds. The average Bonchev–Trinajstić information content (AvgIpc) is 3.05. The maximum Gasteiger partial charge on any atom is 0.253 e. The predicted molar refractivity (Wildman–Crippen MR) is 107 cm³/mol. The first-order valence-electron chi connectivity index (χ1n) is 8.73. The normalized spacial score (nSPS) is 11.4. The third-order valence-electron chi connectivity index (χ3n) is 4.31. The van der Waals surface area contributed by atoms with Gasteiger partial charge in [-0.2, -0.15) is 0 Å². The van der Waals surface area contributed by atoms with Crippen LogP contribution >= 0.6 is 0 Å². The molecule has 1 heterocycles. The number of nitrogens with zero attached hydrogens (tertiary/aromatic N) is 1. The van der Waals surface area contributed by atoms with Crippen molar-refractivity contribution >= 4 is 38.4 Å². The minimum atomic E-state index is -3.94. The Kier molecular flexibility index (Phi) is 5.24. The van der Waals surface area contributed by atoms with Crippen molar-refractivity contribution in [2.45, 2.75) is 23.1 Å². The summed E-state index contributed by atoms with van der Waals surface area (Å²) in [6.45, 7) is 1.68. The van der Waals surface area contributed by atoms with Crippen LogP contribution in [0.1, 0.15) is 23.7 Å². The molecule has 3 aromatic rings. The zero-order chi connectivity index (χ0) is 20.5. The van der Waals surface area contributed by atoms with E-state index in [1.54, 1.807) is 51.4 Å². The van der Waals surface area contributed by atoms with Gasteiger partial charge in [-0.25, -0.2) is 8.42 Å². The number of amides is 2. The highest BCUT2D eigenvalue weighted by molar-refractivity contribution is 7.92. The number of sulfone groups is 1. The quantitative estimate of drug-likeness (QED) is 0.689. The summed E-state index contributed by atoms with van der Waals surface area (Å²) < 4.78 is 26.7. The largest absolute Gasteiger partial charge is 0.345 e. The number of carbonyl (C=O) groups excluding carboxylic acids is 2. The summed E-state index contributed by atoms with van der Waals surface area (Å²) in [5, 5.41) is 2.98. The number of anilines is 1. The summed E-state index contributed by atoms with van der Waals surface area (Å²) in [5.41, 5.74) is 0.866. The summed E-state index contributed by atoms with van der Waals surface area (Å²) in [7, 11) is -0.694. The second-order valence-electron chi connectivity index (χ2n) is 6.51. The number of hydrogen-bond donors (Lipinski definition) is 2. The number of H-pyrrole nitrogens is 1. The molecule has 0 radical (unpaired) electrons. The van der Waals surface area contributed by atoms with Gasteiger partial charge in [0, 0.05) is 37.0 Å². The molecule has 7 nitrogen and oxygen atoms in total. The van der Waals surface area contributed by atoms with Gasteiger partial charge in [-0.05, 0) is 30.3 Å². The number of fused-ring (bicyclic) bond motifs is 1. The van der Waals surface area contributed by atoms with Crippen LogP contribution in [0.15, 0.2) is 58.3 Å². The lowest BCUT2D eigenvalue weighted by atomic mass is 10.1. The molecular weight excluding hydrogens is 378 g/mol. The van der Waals surface area contributed by atoms with E-state index in [-0.39, 0.29) is 33.8 Å². The Bertz CT molecular complexity index is 1150. The predicted octanol–water partition coefficient (Wildman–Crippen LogP) is 3.05. The Labute approximate surface area is 163 Å². The zero-order valence-corrected chi connectivity index (χ0v) is 16.6.